The van der Waals surface area contributed by atoms with Crippen molar-refractivity contribution in [3.8, 4) is 0 Å². The fraction of sp³-hybridized carbons (Fsp3) is 0.136. The first kappa shape index (κ1) is 17.5. The summed E-state index contributed by atoms with van der Waals surface area (Å²) >= 11 is 1.46. The van der Waals surface area contributed by atoms with E-state index in [9.17, 15) is 4.79 Å². The normalized spacial score (nSPS) is 12.2. The van der Waals surface area contributed by atoms with Crippen LogP contribution < -0.4 is 5.32 Å². The number of aryl methyl sites for hydroxylation is 1. The Balaban J connectivity index is 1.58. The van der Waals surface area contributed by atoms with Crippen LogP contribution in [-0.2, 0) is 4.79 Å². The highest BCUT2D eigenvalue weighted by atomic mass is 32.2. The SMILES string of the molecule is Cc1nc(S[C@@H](C)C(=O)Nc2cccc3ccccc23)c2ccccc2n1. The van der Waals surface area contributed by atoms with E-state index in [0.29, 0.717) is 5.82 Å². The van der Waals surface area contributed by atoms with Crippen LogP contribution in [0, 0.1) is 6.92 Å². The average molecular weight is 373 g/mol. The molecule has 4 nitrogen and oxygen atoms in total. The number of hydrogen-bond acceptors (Lipinski definition) is 4. The molecule has 1 N–H and O–H groups in total. The van der Waals surface area contributed by atoms with Crippen LogP contribution in [0.4, 0.5) is 5.69 Å². The van der Waals surface area contributed by atoms with Gasteiger partial charge in [-0.25, -0.2) is 9.97 Å². The monoisotopic (exact) mass is 373 g/mol. The van der Waals surface area contributed by atoms with E-state index in [0.717, 1.165) is 32.4 Å². The van der Waals surface area contributed by atoms with Gasteiger partial charge in [-0.3, -0.25) is 4.79 Å². The first-order valence-corrected chi connectivity index (χ1v) is 9.68. The van der Waals surface area contributed by atoms with Crippen LogP contribution in [0.25, 0.3) is 21.7 Å². The van der Waals surface area contributed by atoms with Crippen molar-refractivity contribution in [3.63, 3.8) is 0 Å². The summed E-state index contributed by atoms with van der Waals surface area (Å²) in [5.74, 6) is 0.662. The molecule has 0 unspecified atom stereocenters. The predicted octanol–water partition coefficient (Wildman–Crippen LogP) is 5.21. The molecule has 0 aliphatic carbocycles. The quantitative estimate of drug-likeness (QED) is 0.394. The Bertz CT molecular complexity index is 1140. The van der Waals surface area contributed by atoms with Crippen LogP contribution in [0.5, 0.6) is 0 Å². The number of carbonyl (C=O) groups is 1. The Labute approximate surface area is 162 Å². The molecule has 1 aromatic heterocycles. The maximum atomic E-state index is 12.8. The Morgan fingerprint density at radius 1 is 0.926 bits per heavy atom. The zero-order valence-electron chi connectivity index (χ0n) is 15.1. The number of fused-ring (bicyclic) bond motifs is 2. The molecule has 4 rings (SSSR count). The van der Waals surface area contributed by atoms with E-state index in [2.05, 4.69) is 15.3 Å². The highest BCUT2D eigenvalue weighted by Gasteiger charge is 2.18. The largest absolute Gasteiger partial charge is 0.325 e. The molecule has 3 aromatic carbocycles. The average Bonchev–Trinajstić information content (AvgIpc) is 2.68. The molecule has 27 heavy (non-hydrogen) atoms. The van der Waals surface area contributed by atoms with E-state index in [1.807, 2.05) is 80.6 Å². The molecule has 5 heteroatoms. The van der Waals surface area contributed by atoms with Crippen molar-refractivity contribution < 1.29 is 4.79 Å². The van der Waals surface area contributed by atoms with Crippen molar-refractivity contribution in [1.82, 2.24) is 9.97 Å². The zero-order valence-corrected chi connectivity index (χ0v) is 16.0. The summed E-state index contributed by atoms with van der Waals surface area (Å²) in [6, 6.07) is 21.8. The van der Waals surface area contributed by atoms with Gasteiger partial charge in [0.05, 0.1) is 10.8 Å². The summed E-state index contributed by atoms with van der Waals surface area (Å²) in [4.78, 5) is 21.8. The maximum absolute atomic E-state index is 12.8. The van der Waals surface area contributed by atoms with Gasteiger partial charge in [0.1, 0.15) is 10.9 Å². The molecule has 0 spiro atoms. The second-order valence-electron chi connectivity index (χ2n) is 6.37. The van der Waals surface area contributed by atoms with Crippen LogP contribution in [0.1, 0.15) is 12.7 Å². The van der Waals surface area contributed by atoms with Gasteiger partial charge in [-0.15, -0.1) is 0 Å². The summed E-state index contributed by atoms with van der Waals surface area (Å²) in [5, 5.41) is 6.72. The summed E-state index contributed by atoms with van der Waals surface area (Å²) in [6.45, 7) is 3.77. The second-order valence-corrected chi connectivity index (χ2v) is 7.70. The predicted molar refractivity (Wildman–Crippen MR) is 112 cm³/mol. The van der Waals surface area contributed by atoms with Crippen LogP contribution in [0.3, 0.4) is 0 Å². The van der Waals surface area contributed by atoms with Gasteiger partial charge in [0.2, 0.25) is 5.91 Å². The molecule has 0 saturated heterocycles. The van der Waals surface area contributed by atoms with E-state index < -0.39 is 0 Å². The van der Waals surface area contributed by atoms with E-state index in [1.165, 1.54) is 11.8 Å². The number of rotatable bonds is 4. The molecule has 1 heterocycles. The minimum atomic E-state index is -0.290. The molecule has 0 fully saturated rings. The fourth-order valence-electron chi connectivity index (χ4n) is 3.04. The highest BCUT2D eigenvalue weighted by Crippen LogP contribution is 2.30. The zero-order chi connectivity index (χ0) is 18.8. The van der Waals surface area contributed by atoms with Crippen molar-refractivity contribution in [2.24, 2.45) is 0 Å². The minimum Gasteiger partial charge on any atom is -0.325 e. The lowest BCUT2D eigenvalue weighted by atomic mass is 10.1. The number of anilines is 1. The number of amides is 1. The third kappa shape index (κ3) is 3.64. The van der Waals surface area contributed by atoms with Crippen molar-refractivity contribution in [1.29, 1.82) is 0 Å². The molecule has 0 radical (unpaired) electrons. The summed E-state index contributed by atoms with van der Waals surface area (Å²) < 4.78 is 0. The van der Waals surface area contributed by atoms with Crippen LogP contribution in [0.2, 0.25) is 0 Å². The topological polar surface area (TPSA) is 54.9 Å². The Kier molecular flexibility index (Phi) is 4.77. The van der Waals surface area contributed by atoms with Gasteiger partial charge in [0, 0.05) is 16.5 Å². The molecule has 0 bridgehead atoms. The summed E-state index contributed by atoms with van der Waals surface area (Å²) in [7, 11) is 0. The molecule has 4 aromatic rings. The lowest BCUT2D eigenvalue weighted by molar-refractivity contribution is -0.115. The van der Waals surface area contributed by atoms with Crippen LogP contribution >= 0.6 is 11.8 Å². The molecule has 1 amide bonds. The number of para-hydroxylation sites is 1. The van der Waals surface area contributed by atoms with Gasteiger partial charge in [-0.05, 0) is 31.4 Å². The Hall–Kier alpha value is -2.92. The van der Waals surface area contributed by atoms with Crippen molar-refractivity contribution in [2.45, 2.75) is 24.1 Å². The molecule has 1 atom stereocenters. The van der Waals surface area contributed by atoms with Gasteiger partial charge in [0.25, 0.3) is 0 Å². The van der Waals surface area contributed by atoms with Crippen molar-refractivity contribution in [2.75, 3.05) is 5.32 Å². The van der Waals surface area contributed by atoms with Crippen molar-refractivity contribution >= 4 is 45.0 Å². The van der Waals surface area contributed by atoms with E-state index in [-0.39, 0.29) is 11.2 Å². The van der Waals surface area contributed by atoms with Crippen molar-refractivity contribution in [3.05, 3.63) is 72.6 Å². The van der Waals surface area contributed by atoms with Gasteiger partial charge in [-0.1, -0.05) is 66.4 Å². The third-order valence-corrected chi connectivity index (χ3v) is 5.49. The Morgan fingerprint density at radius 3 is 2.48 bits per heavy atom. The lowest BCUT2D eigenvalue weighted by Crippen LogP contribution is -2.22. The smallest absolute Gasteiger partial charge is 0.237 e. The van der Waals surface area contributed by atoms with Gasteiger partial charge in [0.15, 0.2) is 0 Å². The van der Waals surface area contributed by atoms with E-state index >= 15 is 0 Å². The molecule has 134 valence electrons. The van der Waals surface area contributed by atoms with Gasteiger partial charge in [-0.2, -0.15) is 0 Å². The minimum absolute atomic E-state index is 0.0447. The number of hydrogen-bond donors (Lipinski definition) is 1. The van der Waals surface area contributed by atoms with Crippen LogP contribution in [0.15, 0.2) is 71.8 Å². The standard InChI is InChI=1S/C22H19N3OS/c1-14(27-22-18-11-5-6-12-20(18)23-15(2)24-22)21(26)25-19-13-7-9-16-8-3-4-10-17(16)19/h3-14H,1-2H3,(H,25,26)/t14-/m0/s1. The van der Waals surface area contributed by atoms with E-state index in [4.69, 9.17) is 0 Å². The first-order chi connectivity index (χ1) is 13.1. The molecule has 0 saturated carbocycles. The number of carbonyl (C=O) groups excluding carboxylic acids is 1. The fourth-order valence-corrected chi connectivity index (χ4v) is 4.02. The number of thioether (sulfide) groups is 1. The van der Waals surface area contributed by atoms with Gasteiger partial charge < -0.3 is 5.32 Å². The van der Waals surface area contributed by atoms with Crippen LogP contribution in [-0.4, -0.2) is 21.1 Å². The van der Waals surface area contributed by atoms with E-state index in [1.54, 1.807) is 0 Å². The summed E-state index contributed by atoms with van der Waals surface area (Å²) in [6.07, 6.45) is 0. The number of nitrogens with one attached hydrogen (secondary N) is 1. The number of aromatic nitrogens is 2. The third-order valence-electron chi connectivity index (χ3n) is 4.39. The molecule has 0 aliphatic rings. The highest BCUT2D eigenvalue weighted by molar-refractivity contribution is 8.00. The summed E-state index contributed by atoms with van der Waals surface area (Å²) in [5.41, 5.74) is 1.73. The maximum Gasteiger partial charge on any atom is 0.237 e. The Morgan fingerprint density at radius 2 is 1.63 bits per heavy atom. The lowest BCUT2D eigenvalue weighted by Gasteiger charge is -2.14. The number of benzene rings is 3. The molecule has 0 aliphatic heterocycles. The molecular weight excluding hydrogens is 354 g/mol. The molecular formula is C22H19N3OS. The second kappa shape index (κ2) is 7.37. The van der Waals surface area contributed by atoms with Gasteiger partial charge >= 0.3 is 0 Å². The first-order valence-electron chi connectivity index (χ1n) is 8.80. The number of nitrogens with zero attached hydrogens (tertiary/aromatic N) is 2.